The van der Waals surface area contributed by atoms with Crippen LogP contribution in [0.5, 0.6) is 0 Å². The smallest absolute Gasteiger partial charge is 0.407 e. The second kappa shape index (κ2) is 17.8. The Hall–Kier alpha value is 0.0200. The van der Waals surface area contributed by atoms with Crippen LogP contribution in [-0.2, 0) is 0 Å². The van der Waals surface area contributed by atoms with Crippen molar-refractivity contribution in [2.24, 2.45) is 11.5 Å². The van der Waals surface area contributed by atoms with Gasteiger partial charge in [-0.1, -0.05) is 0 Å². The molecule has 0 aliphatic heterocycles. The van der Waals surface area contributed by atoms with Crippen LogP contribution in [0.4, 0.5) is 4.79 Å². The molecule has 1 amide bonds. The fourth-order valence-corrected chi connectivity index (χ4v) is 2.57. The van der Waals surface area contributed by atoms with E-state index in [0.717, 1.165) is 25.8 Å². The van der Waals surface area contributed by atoms with Gasteiger partial charge in [0, 0.05) is 30.7 Å². The first-order valence-corrected chi connectivity index (χ1v) is 7.98. The van der Waals surface area contributed by atoms with Crippen LogP contribution in [0, 0.1) is 0 Å². The second-order valence-electron chi connectivity index (χ2n) is 6.31. The van der Waals surface area contributed by atoms with Crippen molar-refractivity contribution in [2.75, 3.05) is 13.1 Å². The predicted molar refractivity (Wildman–Crippen MR) is 109 cm³/mol. The zero-order chi connectivity index (χ0) is 16.4. The SMILES string of the molecule is CC(N)CC(C)NCCCCN(C(=O)O)C(C)CC(C)N.Cl.Cl.Cl. The third-order valence-electron chi connectivity index (χ3n) is 3.53. The minimum atomic E-state index is -0.860. The number of nitrogens with one attached hydrogen (secondary N) is 1. The Morgan fingerprint density at radius 3 is 1.92 bits per heavy atom. The molecular formula is C15H37Cl3N4O2. The first-order valence-electron chi connectivity index (χ1n) is 7.98. The first-order chi connectivity index (χ1) is 9.73. The van der Waals surface area contributed by atoms with Gasteiger partial charge in [0.25, 0.3) is 0 Å². The molecule has 24 heavy (non-hydrogen) atoms. The largest absolute Gasteiger partial charge is 0.465 e. The third kappa shape index (κ3) is 16.9. The van der Waals surface area contributed by atoms with E-state index in [2.05, 4.69) is 12.2 Å². The van der Waals surface area contributed by atoms with Crippen molar-refractivity contribution in [3.8, 4) is 0 Å². The zero-order valence-electron chi connectivity index (χ0n) is 15.2. The van der Waals surface area contributed by atoms with E-state index in [1.165, 1.54) is 4.90 Å². The van der Waals surface area contributed by atoms with Gasteiger partial charge >= 0.3 is 6.09 Å². The molecule has 0 saturated carbocycles. The summed E-state index contributed by atoms with van der Waals surface area (Å²) in [5.74, 6) is 0. The fraction of sp³-hybridized carbons (Fsp3) is 0.933. The molecule has 150 valence electrons. The predicted octanol–water partition coefficient (Wildman–Crippen LogP) is 2.85. The van der Waals surface area contributed by atoms with Crippen LogP contribution < -0.4 is 16.8 Å². The van der Waals surface area contributed by atoms with Gasteiger partial charge in [-0.15, -0.1) is 37.2 Å². The van der Waals surface area contributed by atoms with Crippen LogP contribution in [0.15, 0.2) is 0 Å². The molecule has 0 spiro atoms. The van der Waals surface area contributed by atoms with Crippen molar-refractivity contribution in [1.82, 2.24) is 10.2 Å². The maximum absolute atomic E-state index is 11.3. The van der Waals surface area contributed by atoms with Crippen molar-refractivity contribution in [3.05, 3.63) is 0 Å². The summed E-state index contributed by atoms with van der Waals surface area (Å²) in [5, 5.41) is 12.7. The van der Waals surface area contributed by atoms with Gasteiger partial charge in [-0.05, 0) is 59.9 Å². The Labute approximate surface area is 165 Å². The molecule has 0 aromatic heterocycles. The summed E-state index contributed by atoms with van der Waals surface area (Å²) in [6, 6.07) is 0.585. The highest BCUT2D eigenvalue weighted by atomic mass is 35.5. The molecule has 0 radical (unpaired) electrons. The summed E-state index contributed by atoms with van der Waals surface area (Å²) < 4.78 is 0. The number of unbranched alkanes of at least 4 members (excludes halogenated alkanes) is 1. The van der Waals surface area contributed by atoms with Crippen molar-refractivity contribution in [3.63, 3.8) is 0 Å². The topological polar surface area (TPSA) is 105 Å². The number of hydrogen-bond acceptors (Lipinski definition) is 4. The van der Waals surface area contributed by atoms with Crippen LogP contribution >= 0.6 is 37.2 Å². The molecule has 0 bridgehead atoms. The lowest BCUT2D eigenvalue weighted by molar-refractivity contribution is 0.123. The number of rotatable bonds is 11. The Balaban J connectivity index is -0.000000667. The second-order valence-corrected chi connectivity index (χ2v) is 6.31. The number of amides is 1. The molecular weight excluding hydrogens is 375 g/mol. The molecule has 6 N–H and O–H groups in total. The lowest BCUT2D eigenvalue weighted by Gasteiger charge is -2.27. The quantitative estimate of drug-likeness (QED) is 0.391. The molecule has 0 fully saturated rings. The van der Waals surface area contributed by atoms with E-state index in [0.29, 0.717) is 19.0 Å². The summed E-state index contributed by atoms with van der Waals surface area (Å²) in [4.78, 5) is 12.8. The average Bonchev–Trinajstić information content (AvgIpc) is 2.30. The lowest BCUT2D eigenvalue weighted by atomic mass is 10.1. The maximum Gasteiger partial charge on any atom is 0.407 e. The first kappa shape index (κ1) is 31.8. The molecule has 0 aliphatic rings. The number of carbonyl (C=O) groups is 1. The highest BCUT2D eigenvalue weighted by molar-refractivity contribution is 5.86. The summed E-state index contributed by atoms with van der Waals surface area (Å²) in [6.45, 7) is 9.40. The third-order valence-corrected chi connectivity index (χ3v) is 3.53. The van der Waals surface area contributed by atoms with Crippen LogP contribution in [0.2, 0.25) is 0 Å². The Morgan fingerprint density at radius 1 is 1.00 bits per heavy atom. The van der Waals surface area contributed by atoms with E-state index in [4.69, 9.17) is 11.5 Å². The Kier molecular flexibility index (Phi) is 23.6. The summed E-state index contributed by atoms with van der Waals surface area (Å²) in [5.41, 5.74) is 11.5. The lowest BCUT2D eigenvalue weighted by Crippen LogP contribution is -2.41. The fourth-order valence-electron chi connectivity index (χ4n) is 2.57. The standard InChI is InChI=1S/C15H34N4O2.3ClH/c1-11(16)9-13(3)18-7-5-6-8-19(15(20)21)14(4)10-12(2)17;;;/h11-14,18H,5-10,16-17H2,1-4H3,(H,20,21);3*1H. The van der Waals surface area contributed by atoms with E-state index < -0.39 is 6.09 Å². The van der Waals surface area contributed by atoms with Crippen LogP contribution in [0.1, 0.15) is 53.4 Å². The highest BCUT2D eigenvalue weighted by Crippen LogP contribution is 2.08. The summed E-state index contributed by atoms with van der Waals surface area (Å²) in [7, 11) is 0. The van der Waals surface area contributed by atoms with Crippen LogP contribution in [0.3, 0.4) is 0 Å². The minimum Gasteiger partial charge on any atom is -0.465 e. The van der Waals surface area contributed by atoms with Gasteiger partial charge in [0.15, 0.2) is 0 Å². The van der Waals surface area contributed by atoms with Crippen molar-refractivity contribution >= 4 is 43.3 Å². The molecule has 9 heteroatoms. The number of halogens is 3. The van der Waals surface area contributed by atoms with Gasteiger partial charge in [-0.3, -0.25) is 0 Å². The summed E-state index contributed by atoms with van der Waals surface area (Å²) in [6.07, 6.45) is 2.59. The molecule has 0 rings (SSSR count). The Morgan fingerprint density at radius 2 is 1.50 bits per heavy atom. The molecule has 4 unspecified atom stereocenters. The van der Waals surface area contributed by atoms with Crippen LogP contribution in [0.25, 0.3) is 0 Å². The number of carboxylic acid groups (broad SMARTS) is 1. The van der Waals surface area contributed by atoms with Gasteiger partial charge in [0.2, 0.25) is 0 Å². The van der Waals surface area contributed by atoms with E-state index >= 15 is 0 Å². The zero-order valence-corrected chi connectivity index (χ0v) is 17.7. The van der Waals surface area contributed by atoms with E-state index in [1.54, 1.807) is 0 Å². The maximum atomic E-state index is 11.3. The Bertz CT molecular complexity index is 298. The number of nitrogens with zero attached hydrogens (tertiary/aromatic N) is 1. The monoisotopic (exact) mass is 410 g/mol. The van der Waals surface area contributed by atoms with Crippen LogP contribution in [-0.4, -0.2) is 53.4 Å². The van der Waals surface area contributed by atoms with Gasteiger partial charge in [0.05, 0.1) is 0 Å². The summed E-state index contributed by atoms with van der Waals surface area (Å²) >= 11 is 0. The molecule has 6 nitrogen and oxygen atoms in total. The normalized spacial score (nSPS) is 14.9. The van der Waals surface area contributed by atoms with E-state index in [1.807, 2.05) is 20.8 Å². The van der Waals surface area contributed by atoms with E-state index in [-0.39, 0.29) is 55.3 Å². The number of hydrogen-bond donors (Lipinski definition) is 4. The van der Waals surface area contributed by atoms with Crippen molar-refractivity contribution in [1.29, 1.82) is 0 Å². The van der Waals surface area contributed by atoms with Gasteiger partial charge < -0.3 is 26.8 Å². The highest BCUT2D eigenvalue weighted by Gasteiger charge is 2.19. The number of nitrogens with two attached hydrogens (primary N) is 2. The molecule has 0 saturated heterocycles. The van der Waals surface area contributed by atoms with Gasteiger partial charge in [-0.2, -0.15) is 0 Å². The average molecular weight is 412 g/mol. The molecule has 0 aliphatic carbocycles. The molecule has 0 aromatic carbocycles. The van der Waals surface area contributed by atoms with Crippen molar-refractivity contribution in [2.45, 2.75) is 77.5 Å². The molecule has 0 aromatic rings. The van der Waals surface area contributed by atoms with Gasteiger partial charge in [0.1, 0.15) is 0 Å². The van der Waals surface area contributed by atoms with Crippen molar-refractivity contribution < 1.29 is 9.90 Å². The minimum absolute atomic E-state index is 0. The molecule has 4 atom stereocenters. The molecule has 0 heterocycles. The van der Waals surface area contributed by atoms with Gasteiger partial charge in [-0.25, -0.2) is 4.79 Å². The van der Waals surface area contributed by atoms with E-state index in [9.17, 15) is 9.90 Å².